The second-order valence-electron chi connectivity index (χ2n) is 6.80. The molecule has 0 unspecified atom stereocenters. The lowest BCUT2D eigenvalue weighted by Crippen LogP contribution is -2.44. The minimum atomic E-state index is -5.08. The van der Waals surface area contributed by atoms with Crippen molar-refractivity contribution in [1.82, 2.24) is 4.13 Å². The van der Waals surface area contributed by atoms with Crippen LogP contribution in [0.25, 0.3) is 0 Å². The molecule has 2 rings (SSSR count). The minimum Gasteiger partial charge on any atom is -0.475 e. The molecule has 0 radical (unpaired) electrons. The van der Waals surface area contributed by atoms with Crippen molar-refractivity contribution in [2.45, 2.75) is 56.4 Å². The van der Waals surface area contributed by atoms with Gasteiger partial charge in [-0.05, 0) is 50.2 Å². The predicted molar refractivity (Wildman–Crippen MR) is 96.5 cm³/mol. The molecule has 1 spiro atoms. The maximum absolute atomic E-state index is 12.2. The molecule has 2 aliphatic carbocycles. The number of nitrogens with one attached hydrogen (secondary N) is 1. The van der Waals surface area contributed by atoms with Gasteiger partial charge in [0.15, 0.2) is 0 Å². The van der Waals surface area contributed by atoms with Gasteiger partial charge in [-0.2, -0.15) is 24.9 Å². The lowest BCUT2D eigenvalue weighted by atomic mass is 9.61. The molecule has 0 saturated heterocycles. The summed E-state index contributed by atoms with van der Waals surface area (Å²) in [6.07, 6.45) is 3.40. The van der Waals surface area contributed by atoms with Crippen molar-refractivity contribution >= 4 is 37.8 Å². The van der Waals surface area contributed by atoms with E-state index >= 15 is 0 Å². The molecule has 2 aliphatic rings. The van der Waals surface area contributed by atoms with Crippen LogP contribution in [0.3, 0.4) is 0 Å². The number of carboxylic acids is 1. The van der Waals surface area contributed by atoms with E-state index < -0.39 is 37.4 Å². The van der Waals surface area contributed by atoms with Gasteiger partial charge in [-0.25, -0.2) is 21.6 Å². The highest BCUT2D eigenvalue weighted by Gasteiger charge is 2.43. The van der Waals surface area contributed by atoms with Crippen LogP contribution in [-0.2, 0) is 24.8 Å². The molecule has 2 fully saturated rings. The van der Waals surface area contributed by atoms with Crippen LogP contribution < -0.4 is 4.13 Å². The standard InChI is InChI=1S/C12H23NO4S3.C2HF3O2/c1-18-9-10-19(14,15)13-20(16,17)11-3-7-12(8-4-11)5-2-6-12;3-2(4,5)1(6)7/h11,13H,2-10H2,1H3;(H,6,7). The van der Waals surface area contributed by atoms with Crippen LogP contribution in [0.1, 0.15) is 44.9 Å². The molecule has 27 heavy (non-hydrogen) atoms. The van der Waals surface area contributed by atoms with Crippen LogP contribution in [0, 0.1) is 5.41 Å². The van der Waals surface area contributed by atoms with E-state index in [-0.39, 0.29) is 5.75 Å². The fourth-order valence-electron chi connectivity index (χ4n) is 3.17. The smallest absolute Gasteiger partial charge is 0.475 e. The van der Waals surface area contributed by atoms with Gasteiger partial charge in [0.25, 0.3) is 0 Å². The molecular weight excluding hydrogens is 431 g/mol. The van der Waals surface area contributed by atoms with E-state index in [1.807, 2.05) is 4.13 Å². The number of thioether (sulfide) groups is 1. The third-order valence-electron chi connectivity index (χ3n) is 4.89. The van der Waals surface area contributed by atoms with E-state index in [9.17, 15) is 30.0 Å². The molecule has 0 bridgehead atoms. The second kappa shape index (κ2) is 9.31. The zero-order chi connectivity index (χ0) is 20.9. The number of halogens is 3. The Labute approximate surface area is 161 Å². The van der Waals surface area contributed by atoms with Crippen LogP contribution in [0.2, 0.25) is 0 Å². The maximum Gasteiger partial charge on any atom is 0.490 e. The van der Waals surface area contributed by atoms with Crippen molar-refractivity contribution in [2.75, 3.05) is 17.8 Å². The Bertz CT molecular complexity index is 707. The largest absolute Gasteiger partial charge is 0.490 e. The van der Waals surface area contributed by atoms with Crippen LogP contribution in [0.5, 0.6) is 0 Å². The lowest BCUT2D eigenvalue weighted by Gasteiger charge is -2.46. The first kappa shape index (κ1) is 24.5. The molecule has 0 amide bonds. The third-order valence-corrected chi connectivity index (χ3v) is 9.79. The van der Waals surface area contributed by atoms with E-state index in [0.29, 0.717) is 24.0 Å². The third kappa shape index (κ3) is 7.78. The molecule has 0 atom stereocenters. The summed E-state index contributed by atoms with van der Waals surface area (Å²) in [6, 6.07) is 0. The summed E-state index contributed by atoms with van der Waals surface area (Å²) < 4.78 is 81.5. The van der Waals surface area contributed by atoms with E-state index in [4.69, 9.17) is 9.90 Å². The SMILES string of the molecule is CSCCS(=O)(=O)NS(=O)(=O)C1CCC2(CCC2)CC1.O=C(O)C(F)(F)F. The van der Waals surface area contributed by atoms with E-state index in [1.54, 1.807) is 6.26 Å². The summed E-state index contributed by atoms with van der Waals surface area (Å²) in [5, 5.41) is 6.58. The molecule has 2 N–H and O–H groups in total. The highest BCUT2D eigenvalue weighted by molar-refractivity contribution is 8.05. The molecule has 2 saturated carbocycles. The molecule has 0 aliphatic heterocycles. The number of aliphatic carboxylic acids is 1. The predicted octanol–water partition coefficient (Wildman–Crippen LogP) is 2.34. The zero-order valence-electron chi connectivity index (χ0n) is 14.8. The minimum absolute atomic E-state index is 0.149. The van der Waals surface area contributed by atoms with Gasteiger partial charge in [-0.3, -0.25) is 0 Å². The molecule has 0 aromatic rings. The number of hydrogen-bond donors (Lipinski definition) is 2. The van der Waals surface area contributed by atoms with Crippen molar-refractivity contribution in [3.05, 3.63) is 0 Å². The van der Waals surface area contributed by atoms with Gasteiger partial charge in [0.1, 0.15) is 0 Å². The Morgan fingerprint density at radius 1 is 1.15 bits per heavy atom. The molecule has 160 valence electrons. The van der Waals surface area contributed by atoms with Crippen LogP contribution in [-0.4, -0.2) is 57.1 Å². The molecule has 0 heterocycles. The van der Waals surface area contributed by atoms with Crippen molar-refractivity contribution < 1.29 is 39.9 Å². The van der Waals surface area contributed by atoms with Crippen LogP contribution >= 0.6 is 11.8 Å². The van der Waals surface area contributed by atoms with Gasteiger partial charge in [0.05, 0.1) is 11.0 Å². The monoisotopic (exact) mass is 455 g/mol. The summed E-state index contributed by atoms with van der Waals surface area (Å²) >= 11 is 1.39. The normalized spacial score (nSPS) is 20.4. The van der Waals surface area contributed by atoms with Crippen molar-refractivity contribution in [3.8, 4) is 0 Å². The van der Waals surface area contributed by atoms with Gasteiger partial charge < -0.3 is 5.11 Å². The molecule has 0 aromatic carbocycles. The fraction of sp³-hybridized carbons (Fsp3) is 0.929. The van der Waals surface area contributed by atoms with Gasteiger partial charge >= 0.3 is 12.1 Å². The van der Waals surface area contributed by atoms with Crippen molar-refractivity contribution in [1.29, 1.82) is 0 Å². The van der Waals surface area contributed by atoms with E-state index in [0.717, 1.165) is 12.8 Å². The highest BCUT2D eigenvalue weighted by Crippen LogP contribution is 2.52. The van der Waals surface area contributed by atoms with Gasteiger partial charge in [0, 0.05) is 5.75 Å². The average molecular weight is 456 g/mol. The van der Waals surface area contributed by atoms with E-state index in [1.165, 1.54) is 31.0 Å². The maximum atomic E-state index is 12.2. The summed E-state index contributed by atoms with van der Waals surface area (Å²) in [5.74, 6) is -2.50. The average Bonchev–Trinajstić information content (AvgIpc) is 2.50. The number of hydrogen-bond acceptors (Lipinski definition) is 6. The zero-order valence-corrected chi connectivity index (χ0v) is 17.2. The fourth-order valence-corrected chi connectivity index (χ4v) is 7.86. The van der Waals surface area contributed by atoms with Crippen molar-refractivity contribution in [3.63, 3.8) is 0 Å². The number of sulfonamides is 2. The molecular formula is C14H24F3NO6S3. The second-order valence-corrected chi connectivity index (χ2v) is 11.8. The first-order valence-corrected chi connectivity index (χ1v) is 12.9. The van der Waals surface area contributed by atoms with Gasteiger partial charge in [-0.1, -0.05) is 6.42 Å². The Morgan fingerprint density at radius 2 is 1.63 bits per heavy atom. The van der Waals surface area contributed by atoms with Gasteiger partial charge in [-0.15, -0.1) is 4.13 Å². The Kier molecular flexibility index (Phi) is 8.45. The molecule has 13 heteroatoms. The first-order chi connectivity index (χ1) is 12.2. The Morgan fingerprint density at radius 3 is 1.96 bits per heavy atom. The Hall–Kier alpha value is -0.530. The molecule has 0 aromatic heterocycles. The topological polar surface area (TPSA) is 118 Å². The Balaban J connectivity index is 0.000000445. The van der Waals surface area contributed by atoms with Gasteiger partial charge in [0.2, 0.25) is 20.0 Å². The van der Waals surface area contributed by atoms with E-state index in [2.05, 4.69) is 0 Å². The van der Waals surface area contributed by atoms with Crippen LogP contribution in [0.15, 0.2) is 0 Å². The summed E-state index contributed by atoms with van der Waals surface area (Å²) in [6.45, 7) is 0. The number of rotatable bonds is 6. The van der Waals surface area contributed by atoms with Crippen molar-refractivity contribution in [2.24, 2.45) is 5.41 Å². The quantitative estimate of drug-likeness (QED) is 0.631. The highest BCUT2D eigenvalue weighted by atomic mass is 32.3. The number of carbonyl (C=O) groups is 1. The summed E-state index contributed by atoms with van der Waals surface area (Å²) in [7, 11) is -7.48. The number of alkyl halides is 3. The first-order valence-electron chi connectivity index (χ1n) is 8.27. The van der Waals surface area contributed by atoms with Crippen LogP contribution in [0.4, 0.5) is 13.2 Å². The lowest BCUT2D eigenvalue weighted by molar-refractivity contribution is -0.192. The summed E-state index contributed by atoms with van der Waals surface area (Å²) in [5.41, 5.74) is 0.379. The molecule has 7 nitrogen and oxygen atoms in total. The summed E-state index contributed by atoms with van der Waals surface area (Å²) in [4.78, 5) is 8.90. The number of carboxylic acid groups (broad SMARTS) is 1.